The highest BCUT2D eigenvalue weighted by Gasteiger charge is 2.46. The molecule has 6 heteroatoms. The van der Waals surface area contributed by atoms with E-state index in [1.54, 1.807) is 0 Å². The maximum Gasteiger partial charge on any atom is 0.416 e. The van der Waals surface area contributed by atoms with E-state index in [4.69, 9.17) is 0 Å². The maximum atomic E-state index is 14.0. The number of halogens is 4. The largest absolute Gasteiger partial charge is 0.416 e. The van der Waals surface area contributed by atoms with Crippen molar-refractivity contribution < 1.29 is 22.7 Å². The first-order valence-corrected chi connectivity index (χ1v) is 7.48. The van der Waals surface area contributed by atoms with Crippen LogP contribution in [0.2, 0.25) is 0 Å². The van der Waals surface area contributed by atoms with Crippen LogP contribution in [-0.2, 0) is 12.6 Å². The molecule has 2 fully saturated rings. The molecular formula is C16H19F4NO. The van der Waals surface area contributed by atoms with Crippen LogP contribution in [0.5, 0.6) is 0 Å². The summed E-state index contributed by atoms with van der Waals surface area (Å²) in [7, 11) is 2.03. The molecule has 2 aliphatic rings. The van der Waals surface area contributed by atoms with Gasteiger partial charge in [0, 0.05) is 18.5 Å². The molecule has 122 valence electrons. The fourth-order valence-corrected chi connectivity index (χ4v) is 3.91. The highest BCUT2D eigenvalue weighted by atomic mass is 19.4. The van der Waals surface area contributed by atoms with Gasteiger partial charge in [0.1, 0.15) is 5.82 Å². The van der Waals surface area contributed by atoms with Crippen molar-refractivity contribution >= 4 is 0 Å². The summed E-state index contributed by atoms with van der Waals surface area (Å²) in [6.45, 7) is 0. The first-order valence-electron chi connectivity index (χ1n) is 7.48. The van der Waals surface area contributed by atoms with Gasteiger partial charge in [-0.2, -0.15) is 13.2 Å². The van der Waals surface area contributed by atoms with Gasteiger partial charge < -0.3 is 10.0 Å². The van der Waals surface area contributed by atoms with Crippen LogP contribution >= 0.6 is 0 Å². The van der Waals surface area contributed by atoms with Crippen molar-refractivity contribution in [2.75, 3.05) is 7.05 Å². The van der Waals surface area contributed by atoms with E-state index in [9.17, 15) is 22.7 Å². The Hall–Kier alpha value is -1.14. The third-order valence-corrected chi connectivity index (χ3v) is 5.12. The van der Waals surface area contributed by atoms with E-state index in [-0.39, 0.29) is 24.1 Å². The van der Waals surface area contributed by atoms with Gasteiger partial charge in [0.15, 0.2) is 0 Å². The van der Waals surface area contributed by atoms with E-state index in [0.29, 0.717) is 18.9 Å². The number of benzene rings is 1. The summed E-state index contributed by atoms with van der Waals surface area (Å²) in [5.41, 5.74) is -1.87. The lowest BCUT2D eigenvalue weighted by atomic mass is 9.81. The van der Waals surface area contributed by atoms with Gasteiger partial charge in [0.25, 0.3) is 0 Å². The highest BCUT2D eigenvalue weighted by molar-refractivity contribution is 5.28. The molecule has 22 heavy (non-hydrogen) atoms. The van der Waals surface area contributed by atoms with E-state index in [1.807, 2.05) is 7.05 Å². The van der Waals surface area contributed by atoms with Gasteiger partial charge in [-0.1, -0.05) is 6.07 Å². The molecule has 0 aliphatic carbocycles. The Morgan fingerprint density at radius 1 is 1.23 bits per heavy atom. The Bertz CT molecular complexity index is 558. The topological polar surface area (TPSA) is 23.5 Å². The molecule has 0 radical (unpaired) electrons. The van der Waals surface area contributed by atoms with Crippen molar-refractivity contribution in [2.24, 2.45) is 0 Å². The summed E-state index contributed by atoms with van der Waals surface area (Å²) < 4.78 is 51.7. The molecule has 3 rings (SSSR count). The zero-order valence-corrected chi connectivity index (χ0v) is 12.3. The minimum Gasteiger partial charge on any atom is -0.389 e. The normalized spacial score (nSPS) is 32.5. The van der Waals surface area contributed by atoms with E-state index < -0.39 is 23.2 Å². The smallest absolute Gasteiger partial charge is 0.389 e. The summed E-state index contributed by atoms with van der Waals surface area (Å²) >= 11 is 0. The van der Waals surface area contributed by atoms with Gasteiger partial charge in [0.05, 0.1) is 11.2 Å². The summed E-state index contributed by atoms with van der Waals surface area (Å²) in [4.78, 5) is 2.25. The fourth-order valence-electron chi connectivity index (χ4n) is 3.91. The van der Waals surface area contributed by atoms with Crippen LogP contribution in [0.4, 0.5) is 17.6 Å². The van der Waals surface area contributed by atoms with E-state index in [0.717, 1.165) is 25.0 Å². The molecule has 2 nitrogen and oxygen atoms in total. The minimum atomic E-state index is -4.55. The number of alkyl halides is 3. The van der Waals surface area contributed by atoms with Crippen LogP contribution < -0.4 is 0 Å². The van der Waals surface area contributed by atoms with Crippen LogP contribution in [0, 0.1) is 5.82 Å². The summed E-state index contributed by atoms with van der Waals surface area (Å²) in [5, 5.41) is 10.8. The Labute approximate surface area is 126 Å². The number of rotatable bonds is 2. The molecule has 2 saturated heterocycles. The predicted molar refractivity (Wildman–Crippen MR) is 73.9 cm³/mol. The van der Waals surface area contributed by atoms with Gasteiger partial charge in [0.2, 0.25) is 0 Å². The van der Waals surface area contributed by atoms with Gasteiger partial charge in [-0.15, -0.1) is 0 Å². The predicted octanol–water partition coefficient (Wildman–Crippen LogP) is 3.37. The number of piperidine rings is 1. The summed E-state index contributed by atoms with van der Waals surface area (Å²) in [5.74, 6) is -0.894. The number of nitrogens with zero attached hydrogens (tertiary/aromatic N) is 1. The second-order valence-electron chi connectivity index (χ2n) is 6.66. The van der Waals surface area contributed by atoms with Crippen LogP contribution in [0.3, 0.4) is 0 Å². The van der Waals surface area contributed by atoms with Crippen molar-refractivity contribution in [2.45, 2.75) is 56.0 Å². The molecule has 0 saturated carbocycles. The first kappa shape index (κ1) is 15.7. The SMILES string of the molecule is CN1C2CCC1CC(O)(Cc1ccc(C(F)(F)F)cc1F)C2. The first-order chi connectivity index (χ1) is 10.2. The molecule has 1 aromatic carbocycles. The number of fused-ring (bicyclic) bond motifs is 2. The number of aliphatic hydroxyl groups is 1. The Balaban J connectivity index is 1.79. The van der Waals surface area contributed by atoms with E-state index >= 15 is 0 Å². The molecule has 2 unspecified atom stereocenters. The second-order valence-corrected chi connectivity index (χ2v) is 6.66. The quantitative estimate of drug-likeness (QED) is 0.846. The van der Waals surface area contributed by atoms with Crippen LogP contribution in [-0.4, -0.2) is 34.7 Å². The lowest BCUT2D eigenvalue weighted by Crippen LogP contribution is -2.50. The minimum absolute atomic E-state index is 0.0673. The Morgan fingerprint density at radius 2 is 1.82 bits per heavy atom. The zero-order valence-electron chi connectivity index (χ0n) is 12.3. The lowest BCUT2D eigenvalue weighted by Gasteiger charge is -2.42. The Kier molecular flexibility index (Phi) is 3.72. The van der Waals surface area contributed by atoms with Crippen molar-refractivity contribution in [1.29, 1.82) is 0 Å². The summed E-state index contributed by atoms with van der Waals surface area (Å²) in [6.07, 6.45) is -1.38. The third kappa shape index (κ3) is 2.86. The number of hydrogen-bond donors (Lipinski definition) is 1. The van der Waals surface area contributed by atoms with Gasteiger partial charge in [-0.05, 0) is 50.4 Å². The Morgan fingerprint density at radius 3 is 2.32 bits per heavy atom. The van der Waals surface area contributed by atoms with Gasteiger partial charge in [-0.3, -0.25) is 0 Å². The molecule has 1 aromatic rings. The van der Waals surface area contributed by atoms with Gasteiger partial charge >= 0.3 is 6.18 Å². The lowest BCUT2D eigenvalue weighted by molar-refractivity contribution is -0.137. The maximum absolute atomic E-state index is 14.0. The monoisotopic (exact) mass is 317 g/mol. The molecule has 0 aromatic heterocycles. The average Bonchev–Trinajstić information content (AvgIpc) is 2.64. The van der Waals surface area contributed by atoms with Crippen molar-refractivity contribution in [3.63, 3.8) is 0 Å². The standard InChI is InChI=1S/C16H19F4NO/c1-21-12-4-5-13(21)9-15(22,8-12)7-10-2-3-11(6-14(10)17)16(18,19)20/h2-3,6,12-13,22H,4-5,7-9H2,1H3. The van der Waals surface area contributed by atoms with E-state index in [1.165, 1.54) is 0 Å². The van der Waals surface area contributed by atoms with Crippen molar-refractivity contribution in [3.8, 4) is 0 Å². The van der Waals surface area contributed by atoms with Crippen LogP contribution in [0.15, 0.2) is 18.2 Å². The number of hydrogen-bond acceptors (Lipinski definition) is 2. The van der Waals surface area contributed by atoms with Crippen LogP contribution in [0.1, 0.15) is 36.8 Å². The molecule has 0 spiro atoms. The molecular weight excluding hydrogens is 298 g/mol. The molecule has 2 aliphatic heterocycles. The third-order valence-electron chi connectivity index (χ3n) is 5.12. The molecule has 0 amide bonds. The molecule has 2 atom stereocenters. The zero-order chi connectivity index (χ0) is 16.1. The van der Waals surface area contributed by atoms with Crippen molar-refractivity contribution in [1.82, 2.24) is 4.90 Å². The van der Waals surface area contributed by atoms with Crippen LogP contribution in [0.25, 0.3) is 0 Å². The second kappa shape index (κ2) is 5.20. The average molecular weight is 317 g/mol. The van der Waals surface area contributed by atoms with E-state index in [2.05, 4.69) is 4.90 Å². The highest BCUT2D eigenvalue weighted by Crippen LogP contribution is 2.41. The summed E-state index contributed by atoms with van der Waals surface area (Å²) in [6, 6.07) is 3.10. The van der Waals surface area contributed by atoms with Crippen molar-refractivity contribution in [3.05, 3.63) is 35.1 Å². The fraction of sp³-hybridized carbons (Fsp3) is 0.625. The molecule has 2 bridgehead atoms. The molecule has 2 heterocycles. The molecule has 1 N–H and O–H groups in total. The van der Waals surface area contributed by atoms with Gasteiger partial charge in [-0.25, -0.2) is 4.39 Å².